The third-order valence-electron chi connectivity index (χ3n) is 7.46. The molecule has 0 aromatic carbocycles. The van der Waals surface area contributed by atoms with E-state index in [2.05, 4.69) is 21.9 Å². The predicted molar refractivity (Wildman–Crippen MR) is 98.5 cm³/mol. The van der Waals surface area contributed by atoms with Gasteiger partial charge < -0.3 is 10.6 Å². The van der Waals surface area contributed by atoms with Gasteiger partial charge in [-0.05, 0) is 54.9 Å². The SMILES string of the molecule is Cl.Cn1cc([C@H]2CNC[C@@H]2C(=O)NC2CC3CC2C2CCCC32)cn1. The Morgan fingerprint density at radius 3 is 2.88 bits per heavy atom. The fourth-order valence-corrected chi connectivity index (χ4v) is 6.46. The van der Waals surface area contributed by atoms with E-state index in [0.717, 1.165) is 36.8 Å². The van der Waals surface area contributed by atoms with E-state index in [1.54, 1.807) is 0 Å². The van der Waals surface area contributed by atoms with Gasteiger partial charge in [-0.15, -0.1) is 12.4 Å². The van der Waals surface area contributed by atoms with Gasteiger partial charge in [0, 0.05) is 38.3 Å². The van der Waals surface area contributed by atoms with Crippen LogP contribution in [0, 0.1) is 29.6 Å². The maximum Gasteiger partial charge on any atom is 0.225 e. The number of amides is 1. The quantitative estimate of drug-likeness (QED) is 0.863. The van der Waals surface area contributed by atoms with Gasteiger partial charge in [0.25, 0.3) is 0 Å². The van der Waals surface area contributed by atoms with E-state index in [9.17, 15) is 4.79 Å². The normalized spacial score (nSPS) is 41.6. The van der Waals surface area contributed by atoms with Crippen molar-refractivity contribution in [3.05, 3.63) is 18.0 Å². The second kappa shape index (κ2) is 6.58. The standard InChI is InChI=1S/C19H28N4O.ClH/c1-23-10-12(7-21-23)16-8-20-9-17(16)19(24)22-18-6-11-5-15(18)14-4-2-3-13(11)14;/h7,10-11,13-18,20H,2-6,8-9H2,1H3,(H,22,24);1H/t11?,13?,14?,15?,16-,17+,18?;/m1./s1. The van der Waals surface area contributed by atoms with E-state index < -0.39 is 0 Å². The van der Waals surface area contributed by atoms with Crippen LogP contribution in [0.1, 0.15) is 43.6 Å². The number of aryl methyl sites for hydroxylation is 1. The highest BCUT2D eigenvalue weighted by Crippen LogP contribution is 2.58. The number of nitrogens with one attached hydrogen (secondary N) is 2. The van der Waals surface area contributed by atoms with Crippen molar-refractivity contribution < 1.29 is 4.79 Å². The monoisotopic (exact) mass is 364 g/mol. The minimum absolute atomic E-state index is 0. The highest BCUT2D eigenvalue weighted by atomic mass is 35.5. The average molecular weight is 365 g/mol. The summed E-state index contributed by atoms with van der Waals surface area (Å²) in [5.74, 6) is 4.12. The van der Waals surface area contributed by atoms with Crippen LogP contribution in [0.4, 0.5) is 0 Å². The van der Waals surface area contributed by atoms with Crippen LogP contribution in [-0.2, 0) is 11.8 Å². The van der Waals surface area contributed by atoms with Crippen LogP contribution in [0.15, 0.2) is 12.4 Å². The van der Waals surface area contributed by atoms with Gasteiger partial charge in [-0.1, -0.05) is 6.42 Å². The highest BCUT2D eigenvalue weighted by Gasteiger charge is 2.54. The summed E-state index contributed by atoms with van der Waals surface area (Å²) in [4.78, 5) is 13.0. The largest absolute Gasteiger partial charge is 0.353 e. The molecule has 1 aromatic heterocycles. The lowest BCUT2D eigenvalue weighted by Gasteiger charge is -2.33. The van der Waals surface area contributed by atoms with Crippen LogP contribution >= 0.6 is 12.4 Å². The number of halogens is 1. The first kappa shape index (κ1) is 17.3. The molecule has 2 heterocycles. The summed E-state index contributed by atoms with van der Waals surface area (Å²) in [5, 5.41) is 11.2. The van der Waals surface area contributed by atoms with Crippen molar-refractivity contribution in [2.45, 2.75) is 44.1 Å². The zero-order valence-corrected chi connectivity index (χ0v) is 15.7. The number of hydrogen-bond acceptors (Lipinski definition) is 3. The molecular weight excluding hydrogens is 336 g/mol. The summed E-state index contributed by atoms with van der Waals surface area (Å²) in [6.07, 6.45) is 10.8. The third-order valence-corrected chi connectivity index (χ3v) is 7.46. The molecule has 138 valence electrons. The fraction of sp³-hybridized carbons (Fsp3) is 0.789. The zero-order valence-electron chi connectivity index (χ0n) is 14.9. The van der Waals surface area contributed by atoms with E-state index >= 15 is 0 Å². The molecular formula is C19H29ClN4O. The van der Waals surface area contributed by atoms with Crippen LogP contribution in [0.2, 0.25) is 0 Å². The van der Waals surface area contributed by atoms with Gasteiger partial charge in [0.05, 0.1) is 12.1 Å². The lowest BCUT2D eigenvalue weighted by molar-refractivity contribution is -0.126. The third kappa shape index (κ3) is 2.80. The fourth-order valence-electron chi connectivity index (χ4n) is 6.46. The van der Waals surface area contributed by atoms with Crippen molar-refractivity contribution in [3.63, 3.8) is 0 Å². The van der Waals surface area contributed by atoms with Gasteiger partial charge in [0.2, 0.25) is 5.91 Å². The van der Waals surface area contributed by atoms with Crippen molar-refractivity contribution in [2.75, 3.05) is 13.1 Å². The Morgan fingerprint density at radius 2 is 2.08 bits per heavy atom. The van der Waals surface area contributed by atoms with Crippen molar-refractivity contribution in [3.8, 4) is 0 Å². The Balaban J connectivity index is 0.00000157. The molecule has 5 nitrogen and oxygen atoms in total. The van der Waals surface area contributed by atoms with Gasteiger partial charge in [0.15, 0.2) is 0 Å². The van der Waals surface area contributed by atoms with Crippen LogP contribution in [0.25, 0.3) is 0 Å². The Bertz CT molecular complexity index is 647. The molecule has 1 aliphatic heterocycles. The first-order valence-electron chi connectivity index (χ1n) is 9.70. The van der Waals surface area contributed by atoms with E-state index in [1.165, 1.54) is 37.7 Å². The van der Waals surface area contributed by atoms with Crippen LogP contribution < -0.4 is 10.6 Å². The Hall–Kier alpha value is -1.07. The maximum atomic E-state index is 13.0. The molecule has 7 atom stereocenters. The molecule has 5 unspecified atom stereocenters. The molecule has 1 saturated heterocycles. The van der Waals surface area contributed by atoms with Crippen molar-refractivity contribution >= 4 is 18.3 Å². The lowest BCUT2D eigenvalue weighted by atomic mass is 9.79. The molecule has 25 heavy (non-hydrogen) atoms. The molecule has 4 fully saturated rings. The molecule has 0 radical (unpaired) electrons. The van der Waals surface area contributed by atoms with Crippen molar-refractivity contribution in [1.82, 2.24) is 20.4 Å². The van der Waals surface area contributed by atoms with E-state index in [-0.39, 0.29) is 30.2 Å². The van der Waals surface area contributed by atoms with E-state index in [4.69, 9.17) is 0 Å². The van der Waals surface area contributed by atoms with E-state index in [0.29, 0.717) is 6.04 Å². The number of hydrogen-bond donors (Lipinski definition) is 2. The summed E-state index contributed by atoms with van der Waals surface area (Å²) in [7, 11) is 1.94. The lowest BCUT2D eigenvalue weighted by Crippen LogP contribution is -2.46. The summed E-state index contributed by atoms with van der Waals surface area (Å²) < 4.78 is 1.83. The molecule has 0 spiro atoms. The van der Waals surface area contributed by atoms with Crippen LogP contribution in [0.5, 0.6) is 0 Å². The highest BCUT2D eigenvalue weighted by molar-refractivity contribution is 5.85. The first-order chi connectivity index (χ1) is 11.7. The van der Waals surface area contributed by atoms with Gasteiger partial charge in [-0.25, -0.2) is 0 Å². The summed E-state index contributed by atoms with van der Waals surface area (Å²) in [6.45, 7) is 1.67. The maximum absolute atomic E-state index is 13.0. The number of fused-ring (bicyclic) bond motifs is 5. The van der Waals surface area contributed by atoms with Crippen molar-refractivity contribution in [2.24, 2.45) is 36.6 Å². The summed E-state index contributed by atoms with van der Waals surface area (Å²) in [5.41, 5.74) is 1.19. The van der Waals surface area contributed by atoms with Crippen LogP contribution in [0.3, 0.4) is 0 Å². The average Bonchev–Trinajstić information content (AvgIpc) is 3.34. The number of rotatable bonds is 3. The second-order valence-electron chi connectivity index (χ2n) is 8.59. The van der Waals surface area contributed by atoms with Gasteiger partial charge in [0.1, 0.15) is 0 Å². The van der Waals surface area contributed by atoms with E-state index in [1.807, 2.05) is 17.9 Å². The Labute approximate surface area is 155 Å². The predicted octanol–water partition coefficient (Wildman–Crippen LogP) is 2.09. The molecule has 2 bridgehead atoms. The van der Waals surface area contributed by atoms with Crippen molar-refractivity contribution in [1.29, 1.82) is 0 Å². The summed E-state index contributed by atoms with van der Waals surface area (Å²) >= 11 is 0. The molecule has 1 amide bonds. The molecule has 1 aromatic rings. The molecule has 3 aliphatic carbocycles. The molecule has 4 aliphatic rings. The summed E-state index contributed by atoms with van der Waals surface area (Å²) in [6, 6.07) is 0.442. The smallest absolute Gasteiger partial charge is 0.225 e. The number of carbonyl (C=O) groups excluding carboxylic acids is 1. The number of carbonyl (C=O) groups is 1. The Kier molecular flexibility index (Phi) is 4.57. The topological polar surface area (TPSA) is 59.0 Å². The number of aromatic nitrogens is 2. The minimum Gasteiger partial charge on any atom is -0.353 e. The second-order valence-corrected chi connectivity index (χ2v) is 8.59. The van der Waals surface area contributed by atoms with Gasteiger partial charge in [-0.3, -0.25) is 9.48 Å². The van der Waals surface area contributed by atoms with Gasteiger partial charge in [-0.2, -0.15) is 5.10 Å². The first-order valence-corrected chi connectivity index (χ1v) is 9.70. The molecule has 3 saturated carbocycles. The number of nitrogens with zero attached hydrogens (tertiary/aromatic N) is 2. The molecule has 2 N–H and O–H groups in total. The molecule has 5 rings (SSSR count). The zero-order chi connectivity index (χ0) is 16.3. The molecule has 6 heteroatoms. The minimum atomic E-state index is 0. The van der Waals surface area contributed by atoms with Crippen LogP contribution in [-0.4, -0.2) is 34.8 Å². The Morgan fingerprint density at radius 1 is 1.24 bits per heavy atom. The van der Waals surface area contributed by atoms with Gasteiger partial charge >= 0.3 is 0 Å².